The number of rotatable bonds is 3. The first-order valence-corrected chi connectivity index (χ1v) is 8.44. The molecule has 0 N–H and O–H groups in total. The van der Waals surface area contributed by atoms with Gasteiger partial charge in [-0.1, -0.05) is 6.92 Å². The Balaban J connectivity index is 2.20. The summed E-state index contributed by atoms with van der Waals surface area (Å²) in [4.78, 5) is 26.2. The number of aromatic nitrogens is 2. The lowest BCUT2D eigenvalue weighted by Crippen LogP contribution is -2.47. The van der Waals surface area contributed by atoms with E-state index in [-0.39, 0.29) is 18.2 Å². The summed E-state index contributed by atoms with van der Waals surface area (Å²) in [5.74, 6) is -2.37. The molecule has 9 heteroatoms. The molecule has 0 saturated carbocycles. The van der Waals surface area contributed by atoms with Crippen LogP contribution < -0.4 is 0 Å². The van der Waals surface area contributed by atoms with E-state index in [1.54, 1.807) is 25.5 Å². The molecule has 0 radical (unpaired) electrons. The van der Waals surface area contributed by atoms with Crippen LogP contribution in [0.3, 0.4) is 0 Å². The summed E-state index contributed by atoms with van der Waals surface area (Å²) in [5, 5.41) is 4.10. The van der Waals surface area contributed by atoms with Gasteiger partial charge in [0.1, 0.15) is 5.60 Å². The molecule has 0 bridgehead atoms. The first kappa shape index (κ1) is 20.3. The number of hydrogen-bond donors (Lipinski definition) is 0. The van der Waals surface area contributed by atoms with Crippen LogP contribution in [0.4, 0.5) is 18.0 Å². The highest BCUT2D eigenvalue weighted by Crippen LogP contribution is 2.30. The summed E-state index contributed by atoms with van der Waals surface area (Å²) in [7, 11) is 0. The van der Waals surface area contributed by atoms with E-state index < -0.39 is 36.0 Å². The van der Waals surface area contributed by atoms with Crippen LogP contribution in [0.5, 0.6) is 0 Å². The first-order chi connectivity index (χ1) is 11.8. The van der Waals surface area contributed by atoms with E-state index in [1.165, 1.54) is 11.1 Å². The second-order valence-corrected chi connectivity index (χ2v) is 7.71. The maximum atomic E-state index is 12.7. The van der Waals surface area contributed by atoms with Crippen molar-refractivity contribution in [3.8, 4) is 0 Å². The van der Waals surface area contributed by atoms with Crippen LogP contribution in [-0.2, 0) is 17.8 Å². The Bertz CT molecular complexity index is 692. The smallest absolute Gasteiger partial charge is 0.410 e. The molecule has 0 fully saturated rings. The van der Waals surface area contributed by atoms with Crippen molar-refractivity contribution >= 4 is 11.9 Å². The van der Waals surface area contributed by atoms with Gasteiger partial charge in [0.2, 0.25) is 0 Å². The van der Waals surface area contributed by atoms with Crippen molar-refractivity contribution in [1.29, 1.82) is 0 Å². The Kier molecular flexibility index (Phi) is 5.39. The molecule has 1 aromatic heterocycles. The van der Waals surface area contributed by atoms with Gasteiger partial charge in [-0.3, -0.25) is 14.4 Å². The summed E-state index contributed by atoms with van der Waals surface area (Å²) in [6.07, 6.45) is -4.32. The molecule has 0 spiro atoms. The van der Waals surface area contributed by atoms with Gasteiger partial charge in [-0.15, -0.1) is 0 Å². The van der Waals surface area contributed by atoms with Gasteiger partial charge in [-0.05, 0) is 27.7 Å². The SMILES string of the molecule is C[C@H]1Cn2ncc(C(=O)C[C@H](C)C(F)(F)F)c2CN1C(=O)OC(C)(C)C. The van der Waals surface area contributed by atoms with Gasteiger partial charge in [0.05, 0.1) is 42.5 Å². The first-order valence-electron chi connectivity index (χ1n) is 8.44. The molecule has 0 unspecified atom stereocenters. The third kappa shape index (κ3) is 4.56. The van der Waals surface area contributed by atoms with Gasteiger partial charge in [-0.25, -0.2) is 4.79 Å². The Labute approximate surface area is 150 Å². The van der Waals surface area contributed by atoms with Crippen LogP contribution >= 0.6 is 0 Å². The average Bonchev–Trinajstić information content (AvgIpc) is 2.85. The number of hydrogen-bond acceptors (Lipinski definition) is 4. The van der Waals surface area contributed by atoms with E-state index in [9.17, 15) is 22.8 Å². The minimum absolute atomic E-state index is 0.0670. The van der Waals surface area contributed by atoms with Crippen LogP contribution in [0.15, 0.2) is 6.20 Å². The summed E-state index contributed by atoms with van der Waals surface area (Å²) < 4.78 is 45.1. The van der Waals surface area contributed by atoms with Crippen molar-refractivity contribution in [2.75, 3.05) is 0 Å². The number of carbonyl (C=O) groups excluding carboxylic acids is 2. The van der Waals surface area contributed by atoms with Gasteiger partial charge in [0, 0.05) is 6.42 Å². The number of Topliss-reactive ketones (excluding diaryl/α,β-unsaturated/α-hetero) is 1. The number of ketones is 1. The number of alkyl halides is 3. The zero-order valence-electron chi connectivity index (χ0n) is 15.6. The topological polar surface area (TPSA) is 64.4 Å². The second-order valence-electron chi connectivity index (χ2n) is 7.71. The molecule has 1 aromatic rings. The number of fused-ring (bicyclic) bond motifs is 1. The molecule has 26 heavy (non-hydrogen) atoms. The number of carbonyl (C=O) groups is 2. The molecule has 1 aliphatic rings. The second kappa shape index (κ2) is 6.92. The number of ether oxygens (including phenoxy) is 1. The van der Waals surface area contributed by atoms with Gasteiger partial charge in [-0.2, -0.15) is 18.3 Å². The van der Waals surface area contributed by atoms with Crippen molar-refractivity contribution in [1.82, 2.24) is 14.7 Å². The predicted molar refractivity (Wildman–Crippen MR) is 87.6 cm³/mol. The Morgan fingerprint density at radius 2 is 1.96 bits per heavy atom. The lowest BCUT2D eigenvalue weighted by molar-refractivity contribution is -0.168. The van der Waals surface area contributed by atoms with Crippen LogP contribution in [0.1, 0.15) is 57.1 Å². The van der Waals surface area contributed by atoms with Crippen molar-refractivity contribution in [3.05, 3.63) is 17.5 Å². The molecule has 2 atom stereocenters. The summed E-state index contributed by atoms with van der Waals surface area (Å²) in [5.41, 5.74) is -0.107. The third-order valence-electron chi connectivity index (χ3n) is 4.22. The van der Waals surface area contributed by atoms with Crippen molar-refractivity contribution in [2.24, 2.45) is 5.92 Å². The minimum atomic E-state index is -4.43. The Hall–Kier alpha value is -2.06. The van der Waals surface area contributed by atoms with E-state index in [0.29, 0.717) is 12.2 Å². The van der Waals surface area contributed by atoms with E-state index in [0.717, 1.165) is 6.92 Å². The van der Waals surface area contributed by atoms with Crippen molar-refractivity contribution in [2.45, 2.75) is 71.9 Å². The highest BCUT2D eigenvalue weighted by Gasteiger charge is 2.39. The van der Waals surface area contributed by atoms with Gasteiger partial charge >= 0.3 is 12.3 Å². The molecule has 0 saturated heterocycles. The fraction of sp³-hybridized carbons (Fsp3) is 0.706. The van der Waals surface area contributed by atoms with Crippen LogP contribution in [-0.4, -0.2) is 44.4 Å². The number of amides is 1. The fourth-order valence-corrected chi connectivity index (χ4v) is 2.70. The van der Waals surface area contributed by atoms with Crippen LogP contribution in [0, 0.1) is 5.92 Å². The summed E-state index contributed by atoms with van der Waals surface area (Å²) in [6.45, 7) is 8.45. The van der Waals surface area contributed by atoms with E-state index in [4.69, 9.17) is 4.74 Å². The third-order valence-corrected chi connectivity index (χ3v) is 4.22. The lowest BCUT2D eigenvalue weighted by Gasteiger charge is -2.35. The molecule has 2 rings (SSSR count). The molecule has 0 aromatic carbocycles. The zero-order chi connectivity index (χ0) is 19.9. The van der Waals surface area contributed by atoms with Crippen molar-refractivity contribution < 1.29 is 27.5 Å². The monoisotopic (exact) mass is 375 g/mol. The quantitative estimate of drug-likeness (QED) is 0.754. The standard InChI is InChI=1S/C17H24F3N3O3/c1-10(17(18,19)20)6-14(24)12-7-21-23-8-11(2)22(9-13(12)23)15(25)26-16(3,4)5/h7,10-11H,6,8-9H2,1-5H3/t10-,11-/m0/s1. The molecule has 146 valence electrons. The van der Waals surface area contributed by atoms with Crippen LogP contribution in [0.25, 0.3) is 0 Å². The van der Waals surface area contributed by atoms with Gasteiger partial charge in [0.15, 0.2) is 5.78 Å². The summed E-state index contributed by atoms with van der Waals surface area (Å²) in [6, 6.07) is -0.214. The van der Waals surface area contributed by atoms with E-state index in [1.807, 2.05) is 6.92 Å². The predicted octanol–water partition coefficient (Wildman–Crippen LogP) is 3.79. The highest BCUT2D eigenvalue weighted by molar-refractivity contribution is 5.97. The fourth-order valence-electron chi connectivity index (χ4n) is 2.70. The molecule has 0 aliphatic carbocycles. The van der Waals surface area contributed by atoms with Crippen molar-refractivity contribution in [3.63, 3.8) is 0 Å². The van der Waals surface area contributed by atoms with E-state index >= 15 is 0 Å². The molecule has 1 aliphatic heterocycles. The zero-order valence-corrected chi connectivity index (χ0v) is 15.6. The molecular weight excluding hydrogens is 351 g/mol. The maximum Gasteiger partial charge on any atom is 0.410 e. The average molecular weight is 375 g/mol. The normalized spacial score (nSPS) is 19.1. The molecule has 6 nitrogen and oxygen atoms in total. The summed E-state index contributed by atoms with van der Waals surface area (Å²) >= 11 is 0. The Morgan fingerprint density at radius 3 is 2.50 bits per heavy atom. The lowest BCUT2D eigenvalue weighted by atomic mass is 9.99. The van der Waals surface area contributed by atoms with Gasteiger partial charge in [0.25, 0.3) is 0 Å². The highest BCUT2D eigenvalue weighted by atomic mass is 19.4. The largest absolute Gasteiger partial charge is 0.444 e. The number of halogens is 3. The van der Waals surface area contributed by atoms with Crippen LogP contribution in [0.2, 0.25) is 0 Å². The number of nitrogens with zero attached hydrogens (tertiary/aromatic N) is 3. The van der Waals surface area contributed by atoms with E-state index in [2.05, 4.69) is 5.10 Å². The van der Waals surface area contributed by atoms with Gasteiger partial charge < -0.3 is 4.74 Å². The molecule has 2 heterocycles. The minimum Gasteiger partial charge on any atom is -0.444 e. The molecular formula is C17H24F3N3O3. The Morgan fingerprint density at radius 1 is 1.35 bits per heavy atom. The maximum absolute atomic E-state index is 12.7. The molecule has 1 amide bonds.